The molecule has 68 valence electrons. The molecule has 0 saturated carbocycles. The van der Waals surface area contributed by atoms with Crippen molar-refractivity contribution in [3.05, 3.63) is 24.4 Å². The van der Waals surface area contributed by atoms with E-state index in [1.165, 1.54) is 6.33 Å². The maximum Gasteiger partial charge on any atom is 0.173 e. The van der Waals surface area contributed by atoms with Crippen LogP contribution in [0, 0.1) is 5.92 Å². The van der Waals surface area contributed by atoms with Gasteiger partial charge in [-0.25, -0.2) is 9.50 Å². The van der Waals surface area contributed by atoms with E-state index >= 15 is 0 Å². The average Bonchev–Trinajstić information content (AvgIpc) is 2.49. The van der Waals surface area contributed by atoms with Gasteiger partial charge in [-0.1, -0.05) is 13.8 Å². The zero-order valence-corrected chi connectivity index (χ0v) is 7.81. The molecular formula is C9H12N4. The van der Waals surface area contributed by atoms with Gasteiger partial charge in [-0.05, 0) is 12.3 Å². The lowest BCUT2D eigenvalue weighted by atomic mass is 10.1. The summed E-state index contributed by atoms with van der Waals surface area (Å²) in [6.07, 6.45) is 6.21. The van der Waals surface area contributed by atoms with Gasteiger partial charge in [0.2, 0.25) is 0 Å². The van der Waals surface area contributed by atoms with Crippen LogP contribution in [0.3, 0.4) is 0 Å². The molecule has 2 heterocycles. The molecule has 0 aliphatic rings. The molecule has 2 aromatic heterocycles. The highest BCUT2D eigenvalue weighted by atomic mass is 15.3. The Labute approximate surface area is 76.6 Å². The molecule has 0 aliphatic carbocycles. The van der Waals surface area contributed by atoms with E-state index in [0.717, 1.165) is 17.8 Å². The van der Waals surface area contributed by atoms with Gasteiger partial charge in [0.05, 0.1) is 18.1 Å². The average molecular weight is 176 g/mol. The van der Waals surface area contributed by atoms with Gasteiger partial charge in [0.15, 0.2) is 5.65 Å². The van der Waals surface area contributed by atoms with Crippen LogP contribution < -0.4 is 0 Å². The number of fused-ring (bicyclic) bond motifs is 1. The summed E-state index contributed by atoms with van der Waals surface area (Å²) in [5, 5.41) is 4.05. The van der Waals surface area contributed by atoms with E-state index in [4.69, 9.17) is 0 Å². The second-order valence-corrected chi connectivity index (χ2v) is 3.54. The SMILES string of the molecule is CC(C)Cc1cn2ncnc2cn1. The van der Waals surface area contributed by atoms with Gasteiger partial charge in [-0.3, -0.25) is 4.98 Å². The summed E-state index contributed by atoms with van der Waals surface area (Å²) in [5.74, 6) is 0.619. The monoisotopic (exact) mass is 176 g/mol. The summed E-state index contributed by atoms with van der Waals surface area (Å²) in [6.45, 7) is 4.35. The minimum atomic E-state index is 0.619. The highest BCUT2D eigenvalue weighted by Crippen LogP contribution is 2.05. The molecule has 0 amide bonds. The molecule has 2 rings (SSSR count). The van der Waals surface area contributed by atoms with Crippen molar-refractivity contribution in [3.63, 3.8) is 0 Å². The van der Waals surface area contributed by atoms with Crippen LogP contribution in [0.15, 0.2) is 18.7 Å². The largest absolute Gasteiger partial charge is 0.256 e. The first-order valence-electron chi connectivity index (χ1n) is 4.40. The summed E-state index contributed by atoms with van der Waals surface area (Å²) < 4.78 is 1.75. The fraction of sp³-hybridized carbons (Fsp3) is 0.444. The van der Waals surface area contributed by atoms with Gasteiger partial charge < -0.3 is 0 Å². The molecular weight excluding hydrogens is 164 g/mol. The van der Waals surface area contributed by atoms with Crippen LogP contribution in [-0.4, -0.2) is 19.6 Å². The molecule has 0 fully saturated rings. The number of hydrogen-bond donors (Lipinski definition) is 0. The third-order valence-corrected chi connectivity index (χ3v) is 1.84. The minimum absolute atomic E-state index is 0.619. The summed E-state index contributed by atoms with van der Waals surface area (Å²) in [4.78, 5) is 8.32. The molecule has 0 bridgehead atoms. The second kappa shape index (κ2) is 3.12. The molecule has 0 atom stereocenters. The van der Waals surface area contributed by atoms with Crippen molar-refractivity contribution in [1.82, 2.24) is 19.6 Å². The van der Waals surface area contributed by atoms with Crippen LogP contribution >= 0.6 is 0 Å². The summed E-state index contributed by atoms with van der Waals surface area (Å²) >= 11 is 0. The molecule has 0 radical (unpaired) electrons. The van der Waals surface area contributed by atoms with E-state index in [2.05, 4.69) is 28.9 Å². The predicted octanol–water partition coefficient (Wildman–Crippen LogP) is 1.32. The highest BCUT2D eigenvalue weighted by molar-refractivity contribution is 5.32. The lowest BCUT2D eigenvalue weighted by molar-refractivity contribution is 0.630. The van der Waals surface area contributed by atoms with Crippen LogP contribution in [0.25, 0.3) is 5.65 Å². The number of aromatic nitrogens is 4. The first kappa shape index (κ1) is 8.16. The van der Waals surface area contributed by atoms with Crippen LogP contribution in [0.1, 0.15) is 19.5 Å². The second-order valence-electron chi connectivity index (χ2n) is 3.54. The molecule has 0 aliphatic heterocycles. The number of hydrogen-bond acceptors (Lipinski definition) is 3. The quantitative estimate of drug-likeness (QED) is 0.693. The molecule has 4 heteroatoms. The molecule has 4 nitrogen and oxygen atoms in total. The zero-order valence-electron chi connectivity index (χ0n) is 7.81. The first-order valence-corrected chi connectivity index (χ1v) is 4.40. The van der Waals surface area contributed by atoms with Crippen molar-refractivity contribution in [3.8, 4) is 0 Å². The van der Waals surface area contributed by atoms with Crippen molar-refractivity contribution in [2.24, 2.45) is 5.92 Å². The van der Waals surface area contributed by atoms with Gasteiger partial charge >= 0.3 is 0 Å². The Morgan fingerprint density at radius 2 is 2.23 bits per heavy atom. The van der Waals surface area contributed by atoms with Gasteiger partial charge in [0.1, 0.15) is 6.33 Å². The van der Waals surface area contributed by atoms with Gasteiger partial charge in [-0.2, -0.15) is 5.10 Å². The third-order valence-electron chi connectivity index (χ3n) is 1.84. The van der Waals surface area contributed by atoms with Gasteiger partial charge in [0.25, 0.3) is 0 Å². The fourth-order valence-corrected chi connectivity index (χ4v) is 1.29. The van der Waals surface area contributed by atoms with Crippen LogP contribution in [0.4, 0.5) is 0 Å². The normalized spacial score (nSPS) is 11.3. The van der Waals surface area contributed by atoms with Crippen molar-refractivity contribution in [2.75, 3.05) is 0 Å². The smallest absolute Gasteiger partial charge is 0.173 e. The maximum atomic E-state index is 4.30. The fourth-order valence-electron chi connectivity index (χ4n) is 1.29. The lowest BCUT2D eigenvalue weighted by Gasteiger charge is -2.02. The Hall–Kier alpha value is -1.45. The summed E-state index contributed by atoms with van der Waals surface area (Å²) in [5.41, 5.74) is 1.86. The summed E-state index contributed by atoms with van der Waals surface area (Å²) in [6, 6.07) is 0. The molecule has 0 unspecified atom stereocenters. The van der Waals surface area contributed by atoms with Crippen LogP contribution in [-0.2, 0) is 6.42 Å². The van der Waals surface area contributed by atoms with E-state index in [-0.39, 0.29) is 0 Å². The molecule has 2 aromatic rings. The van der Waals surface area contributed by atoms with Crippen LogP contribution in [0.2, 0.25) is 0 Å². The van der Waals surface area contributed by atoms with Crippen molar-refractivity contribution >= 4 is 5.65 Å². The minimum Gasteiger partial charge on any atom is -0.256 e. The molecule has 0 aromatic carbocycles. The predicted molar refractivity (Wildman–Crippen MR) is 49.3 cm³/mol. The molecule has 0 saturated heterocycles. The van der Waals surface area contributed by atoms with E-state index in [0.29, 0.717) is 5.92 Å². The Morgan fingerprint density at radius 3 is 3.00 bits per heavy atom. The standard InChI is InChI=1S/C9H12N4/c1-7(2)3-8-5-13-9(4-10-8)11-6-12-13/h4-7H,3H2,1-2H3. The zero-order chi connectivity index (χ0) is 9.26. The topological polar surface area (TPSA) is 43.1 Å². The van der Waals surface area contributed by atoms with E-state index in [9.17, 15) is 0 Å². The Kier molecular flexibility index (Phi) is 1.96. The van der Waals surface area contributed by atoms with E-state index in [1.54, 1.807) is 10.7 Å². The third kappa shape index (κ3) is 1.66. The highest BCUT2D eigenvalue weighted by Gasteiger charge is 2.01. The van der Waals surface area contributed by atoms with Gasteiger partial charge in [0, 0.05) is 0 Å². The molecule has 0 N–H and O–H groups in total. The molecule has 13 heavy (non-hydrogen) atoms. The first-order chi connectivity index (χ1) is 6.25. The van der Waals surface area contributed by atoms with Crippen molar-refractivity contribution in [2.45, 2.75) is 20.3 Å². The van der Waals surface area contributed by atoms with Gasteiger partial charge in [-0.15, -0.1) is 0 Å². The maximum absolute atomic E-state index is 4.30. The number of nitrogens with zero attached hydrogens (tertiary/aromatic N) is 4. The number of rotatable bonds is 2. The Balaban J connectivity index is 2.37. The Bertz CT molecular complexity index is 405. The lowest BCUT2D eigenvalue weighted by Crippen LogP contribution is -2.00. The summed E-state index contributed by atoms with van der Waals surface area (Å²) in [7, 11) is 0. The molecule has 0 spiro atoms. The van der Waals surface area contributed by atoms with E-state index < -0.39 is 0 Å². The van der Waals surface area contributed by atoms with Crippen LogP contribution in [0.5, 0.6) is 0 Å². The Morgan fingerprint density at radius 1 is 1.38 bits per heavy atom. The van der Waals surface area contributed by atoms with E-state index in [1.807, 2.05) is 6.20 Å². The van der Waals surface area contributed by atoms with Crippen molar-refractivity contribution in [1.29, 1.82) is 0 Å². The van der Waals surface area contributed by atoms with Crippen molar-refractivity contribution < 1.29 is 0 Å².